The van der Waals surface area contributed by atoms with Crippen LogP contribution in [0.5, 0.6) is 0 Å². The third kappa shape index (κ3) is 3.00. The summed E-state index contributed by atoms with van der Waals surface area (Å²) >= 11 is 5.24. The number of hydrogen-bond acceptors (Lipinski definition) is 3. The smallest absolute Gasteiger partial charge is 0.209 e. The molecule has 3 aromatic rings. The highest BCUT2D eigenvalue weighted by Gasteiger charge is 2.16. The van der Waals surface area contributed by atoms with E-state index < -0.39 is 0 Å². The minimum absolute atomic E-state index is 0.202. The third-order valence-corrected chi connectivity index (χ3v) is 3.84. The van der Waals surface area contributed by atoms with Crippen molar-refractivity contribution in [3.8, 4) is 0 Å². The molecule has 0 radical (unpaired) electrons. The SMILES string of the molecule is CCOC(=S)c1cc(C(=O)c2ccc(F)cc2)n2cccc2c1. The first-order valence-electron chi connectivity index (χ1n) is 7.18. The number of carbonyl (C=O) groups is 1. The fraction of sp³-hybridized carbons (Fsp3) is 0.111. The number of ketones is 1. The van der Waals surface area contributed by atoms with Crippen molar-refractivity contribution in [2.75, 3.05) is 6.61 Å². The molecule has 0 aliphatic rings. The lowest BCUT2D eigenvalue weighted by molar-refractivity contribution is 0.103. The molecule has 3 rings (SSSR count). The van der Waals surface area contributed by atoms with Gasteiger partial charge in [0.2, 0.25) is 5.78 Å². The van der Waals surface area contributed by atoms with Crippen molar-refractivity contribution in [2.24, 2.45) is 0 Å². The van der Waals surface area contributed by atoms with E-state index in [1.54, 1.807) is 16.7 Å². The highest BCUT2D eigenvalue weighted by Crippen LogP contribution is 2.18. The van der Waals surface area contributed by atoms with Gasteiger partial charge in [-0.3, -0.25) is 4.79 Å². The van der Waals surface area contributed by atoms with Crippen LogP contribution in [0.1, 0.15) is 28.5 Å². The Kier molecular flexibility index (Phi) is 4.21. The molecule has 116 valence electrons. The number of carbonyl (C=O) groups excluding carboxylic acids is 1. The van der Waals surface area contributed by atoms with Crippen LogP contribution < -0.4 is 0 Å². The van der Waals surface area contributed by atoms with E-state index in [4.69, 9.17) is 17.0 Å². The number of halogens is 1. The monoisotopic (exact) mass is 327 g/mol. The summed E-state index contributed by atoms with van der Waals surface area (Å²) in [6, 6.07) is 12.8. The second-order valence-corrected chi connectivity index (χ2v) is 5.36. The number of fused-ring (bicyclic) bond motifs is 1. The molecule has 0 aliphatic carbocycles. The fourth-order valence-electron chi connectivity index (χ4n) is 2.41. The number of pyridine rings is 1. The number of benzene rings is 1. The highest BCUT2D eigenvalue weighted by atomic mass is 32.1. The first-order valence-corrected chi connectivity index (χ1v) is 7.59. The Morgan fingerprint density at radius 2 is 1.91 bits per heavy atom. The zero-order chi connectivity index (χ0) is 16.4. The molecule has 1 aromatic carbocycles. The average Bonchev–Trinajstić information content (AvgIpc) is 3.02. The van der Waals surface area contributed by atoms with Crippen LogP contribution in [-0.4, -0.2) is 21.8 Å². The predicted octanol–water partition coefficient (Wildman–Crippen LogP) is 4.02. The molecule has 0 saturated carbocycles. The summed E-state index contributed by atoms with van der Waals surface area (Å²) in [7, 11) is 0. The van der Waals surface area contributed by atoms with Crippen molar-refractivity contribution in [1.29, 1.82) is 0 Å². The fourth-order valence-corrected chi connectivity index (χ4v) is 2.64. The maximum atomic E-state index is 13.1. The molecule has 0 atom stereocenters. The molecular weight excluding hydrogens is 313 g/mol. The van der Waals surface area contributed by atoms with Gasteiger partial charge in [0.05, 0.1) is 12.3 Å². The van der Waals surface area contributed by atoms with Crippen LogP contribution in [-0.2, 0) is 4.74 Å². The van der Waals surface area contributed by atoms with E-state index in [1.165, 1.54) is 24.3 Å². The molecule has 0 spiro atoms. The van der Waals surface area contributed by atoms with Gasteiger partial charge in [-0.25, -0.2) is 4.39 Å². The molecule has 0 amide bonds. The summed E-state index contributed by atoms with van der Waals surface area (Å²) in [4.78, 5) is 12.8. The largest absolute Gasteiger partial charge is 0.483 e. The standard InChI is InChI=1S/C18H14FNO2S/c1-2-22-18(23)13-10-15-4-3-9-20(15)16(11-13)17(21)12-5-7-14(19)8-6-12/h3-11H,2H2,1H3. The van der Waals surface area contributed by atoms with Crippen LogP contribution in [0.3, 0.4) is 0 Å². The summed E-state index contributed by atoms with van der Waals surface area (Å²) in [6.45, 7) is 2.32. The van der Waals surface area contributed by atoms with Crippen LogP contribution in [0.4, 0.5) is 4.39 Å². The van der Waals surface area contributed by atoms with E-state index in [0.29, 0.717) is 28.5 Å². The van der Waals surface area contributed by atoms with Crippen LogP contribution in [0.2, 0.25) is 0 Å². The molecule has 5 heteroatoms. The number of thiocarbonyl (C=S) groups is 1. The molecule has 23 heavy (non-hydrogen) atoms. The summed E-state index contributed by atoms with van der Waals surface area (Å²) < 4.78 is 20.2. The van der Waals surface area contributed by atoms with E-state index in [2.05, 4.69) is 0 Å². The molecule has 2 heterocycles. The Bertz CT molecular complexity index is 884. The first-order chi connectivity index (χ1) is 11.1. The summed E-state index contributed by atoms with van der Waals surface area (Å²) in [5.41, 5.74) is 2.39. The zero-order valence-corrected chi connectivity index (χ0v) is 13.3. The first kappa shape index (κ1) is 15.4. The highest BCUT2D eigenvalue weighted by molar-refractivity contribution is 7.80. The van der Waals surface area contributed by atoms with E-state index in [1.807, 2.05) is 25.1 Å². The van der Waals surface area contributed by atoms with Gasteiger partial charge in [-0.15, -0.1) is 0 Å². The summed E-state index contributed by atoms with van der Waals surface area (Å²) in [5.74, 6) is -0.578. The second-order valence-electron chi connectivity index (χ2n) is 4.99. The van der Waals surface area contributed by atoms with Crippen LogP contribution in [0, 0.1) is 5.82 Å². The van der Waals surface area contributed by atoms with Crippen molar-refractivity contribution in [1.82, 2.24) is 4.40 Å². The Labute approximate surface area is 138 Å². The van der Waals surface area contributed by atoms with Crippen LogP contribution >= 0.6 is 12.2 Å². The minimum Gasteiger partial charge on any atom is -0.483 e. The van der Waals surface area contributed by atoms with Crippen LogP contribution in [0.25, 0.3) is 5.52 Å². The second kappa shape index (κ2) is 6.30. The van der Waals surface area contributed by atoms with Gasteiger partial charge in [0.1, 0.15) is 5.82 Å². The number of ether oxygens (including phenoxy) is 1. The lowest BCUT2D eigenvalue weighted by atomic mass is 10.1. The van der Waals surface area contributed by atoms with Crippen molar-refractivity contribution in [2.45, 2.75) is 6.92 Å². The van der Waals surface area contributed by atoms with Gasteiger partial charge in [-0.2, -0.15) is 0 Å². The van der Waals surface area contributed by atoms with E-state index in [-0.39, 0.29) is 11.6 Å². The Morgan fingerprint density at radius 1 is 1.17 bits per heavy atom. The maximum absolute atomic E-state index is 13.1. The minimum atomic E-state index is -0.376. The van der Waals surface area contributed by atoms with Gasteiger partial charge in [0.25, 0.3) is 0 Å². The van der Waals surface area contributed by atoms with Crippen molar-refractivity contribution >= 4 is 28.6 Å². The average molecular weight is 327 g/mol. The molecule has 0 unspecified atom stereocenters. The van der Waals surface area contributed by atoms with E-state index in [0.717, 1.165) is 5.52 Å². The summed E-state index contributed by atoms with van der Waals surface area (Å²) in [5, 5.41) is 0.351. The van der Waals surface area contributed by atoms with Crippen LogP contribution in [0.15, 0.2) is 54.7 Å². The molecule has 3 nitrogen and oxygen atoms in total. The Balaban J connectivity index is 2.11. The van der Waals surface area contributed by atoms with Gasteiger partial charge in [0.15, 0.2) is 5.05 Å². The number of nitrogens with zero attached hydrogens (tertiary/aromatic N) is 1. The zero-order valence-electron chi connectivity index (χ0n) is 12.5. The number of rotatable bonds is 4. The normalized spacial score (nSPS) is 10.7. The van der Waals surface area contributed by atoms with Crippen molar-refractivity contribution in [3.63, 3.8) is 0 Å². The molecule has 0 saturated heterocycles. The molecule has 0 N–H and O–H groups in total. The Morgan fingerprint density at radius 3 is 2.61 bits per heavy atom. The van der Waals surface area contributed by atoms with E-state index >= 15 is 0 Å². The third-order valence-electron chi connectivity index (χ3n) is 3.49. The maximum Gasteiger partial charge on any atom is 0.209 e. The van der Waals surface area contributed by atoms with Gasteiger partial charge < -0.3 is 9.14 Å². The van der Waals surface area contributed by atoms with Crippen molar-refractivity contribution in [3.05, 3.63) is 77.4 Å². The molecule has 0 fully saturated rings. The topological polar surface area (TPSA) is 30.7 Å². The van der Waals surface area contributed by atoms with Gasteiger partial charge in [0, 0.05) is 22.8 Å². The quantitative estimate of drug-likeness (QED) is 0.536. The van der Waals surface area contributed by atoms with Crippen molar-refractivity contribution < 1.29 is 13.9 Å². The molecule has 0 aliphatic heterocycles. The molecule has 2 aromatic heterocycles. The van der Waals surface area contributed by atoms with E-state index in [9.17, 15) is 9.18 Å². The number of hydrogen-bond donors (Lipinski definition) is 0. The Hall–Kier alpha value is -2.53. The lowest BCUT2D eigenvalue weighted by Gasteiger charge is -2.10. The van der Waals surface area contributed by atoms with Gasteiger partial charge in [-0.05, 0) is 67.7 Å². The van der Waals surface area contributed by atoms with Gasteiger partial charge >= 0.3 is 0 Å². The summed E-state index contributed by atoms with van der Waals surface area (Å²) in [6.07, 6.45) is 1.81. The number of aromatic nitrogens is 1. The molecule has 0 bridgehead atoms. The lowest BCUT2D eigenvalue weighted by Crippen LogP contribution is -2.11. The predicted molar refractivity (Wildman–Crippen MR) is 90.6 cm³/mol. The molecular formula is C18H14FNO2S. The van der Waals surface area contributed by atoms with Gasteiger partial charge in [-0.1, -0.05) is 0 Å².